The fraction of sp³-hybridized carbons (Fsp3) is 0.375. The molecule has 2 rings (SSSR count). The second-order valence-electron chi connectivity index (χ2n) is 4.45. The number of rotatable bonds is 7. The number of hydrogen-bond acceptors (Lipinski definition) is 2. The van der Waals surface area contributed by atoms with Gasteiger partial charge in [-0.15, -0.1) is 11.6 Å². The molecule has 0 saturated heterocycles. The number of halogens is 1. The number of benzene rings is 2. The number of fused-ring (bicyclic) bond motifs is 1. The van der Waals surface area contributed by atoms with Crippen molar-refractivity contribution in [3.63, 3.8) is 0 Å². The normalized spacial score (nSPS) is 10.8. The Morgan fingerprint density at radius 2 is 1.79 bits per heavy atom. The van der Waals surface area contributed by atoms with Crippen LogP contribution in [0.2, 0.25) is 0 Å². The number of methoxy groups -OCH3 is 1. The Morgan fingerprint density at radius 1 is 1.00 bits per heavy atom. The Balaban J connectivity index is 2.10. The molecule has 0 heterocycles. The van der Waals surface area contributed by atoms with Crippen LogP contribution in [0.5, 0.6) is 5.75 Å². The first-order chi connectivity index (χ1) is 9.36. The van der Waals surface area contributed by atoms with Gasteiger partial charge in [0.2, 0.25) is 0 Å². The summed E-state index contributed by atoms with van der Waals surface area (Å²) in [6, 6.07) is 12.3. The molecule has 0 saturated carbocycles. The third-order valence-corrected chi connectivity index (χ3v) is 3.40. The molecule has 0 aliphatic carbocycles. The first-order valence-electron chi connectivity index (χ1n) is 6.55. The average molecular weight is 279 g/mol. The highest BCUT2D eigenvalue weighted by atomic mass is 35.5. The predicted molar refractivity (Wildman–Crippen MR) is 80.1 cm³/mol. The lowest BCUT2D eigenvalue weighted by Crippen LogP contribution is -2.01. The summed E-state index contributed by atoms with van der Waals surface area (Å²) >= 11 is 6.07. The fourth-order valence-electron chi connectivity index (χ4n) is 2.12. The van der Waals surface area contributed by atoms with Crippen molar-refractivity contribution in [3.05, 3.63) is 42.0 Å². The molecule has 2 nitrogen and oxygen atoms in total. The van der Waals surface area contributed by atoms with Gasteiger partial charge in [-0.2, -0.15) is 0 Å². The SMILES string of the molecule is COCCCCOc1ccc2ccccc2c1CCl. The molecule has 0 atom stereocenters. The van der Waals surface area contributed by atoms with Crippen LogP contribution in [0.1, 0.15) is 18.4 Å². The number of ether oxygens (including phenoxy) is 2. The third kappa shape index (κ3) is 3.62. The summed E-state index contributed by atoms with van der Waals surface area (Å²) in [4.78, 5) is 0. The molecule has 2 aromatic rings. The fourth-order valence-corrected chi connectivity index (χ4v) is 2.40. The Kier molecular flexibility index (Phi) is 5.49. The molecule has 0 aliphatic heterocycles. The van der Waals surface area contributed by atoms with Crippen LogP contribution in [-0.2, 0) is 10.6 Å². The zero-order chi connectivity index (χ0) is 13.5. The van der Waals surface area contributed by atoms with Gasteiger partial charge >= 0.3 is 0 Å². The second-order valence-corrected chi connectivity index (χ2v) is 4.71. The van der Waals surface area contributed by atoms with Crippen molar-refractivity contribution < 1.29 is 9.47 Å². The van der Waals surface area contributed by atoms with Crippen LogP contribution >= 0.6 is 11.6 Å². The van der Waals surface area contributed by atoms with E-state index in [4.69, 9.17) is 21.1 Å². The van der Waals surface area contributed by atoms with E-state index in [1.54, 1.807) is 7.11 Å². The van der Waals surface area contributed by atoms with Gasteiger partial charge in [-0.1, -0.05) is 30.3 Å². The standard InChI is InChI=1S/C16H19ClO2/c1-18-10-4-5-11-19-16-9-8-13-6-2-3-7-14(13)15(16)12-17/h2-3,6-9H,4-5,10-12H2,1H3. The van der Waals surface area contributed by atoms with E-state index in [1.807, 2.05) is 18.2 Å². The number of hydrogen-bond donors (Lipinski definition) is 0. The highest BCUT2D eigenvalue weighted by molar-refractivity contribution is 6.18. The second kappa shape index (κ2) is 7.37. The van der Waals surface area contributed by atoms with Gasteiger partial charge in [0, 0.05) is 19.3 Å². The first kappa shape index (κ1) is 14.2. The van der Waals surface area contributed by atoms with Crippen molar-refractivity contribution in [2.24, 2.45) is 0 Å². The molecule has 102 valence electrons. The summed E-state index contributed by atoms with van der Waals surface area (Å²) in [6.07, 6.45) is 2.00. The van der Waals surface area contributed by atoms with Crippen LogP contribution in [0.4, 0.5) is 0 Å². The van der Waals surface area contributed by atoms with Crippen LogP contribution in [0.3, 0.4) is 0 Å². The van der Waals surface area contributed by atoms with E-state index in [9.17, 15) is 0 Å². The minimum Gasteiger partial charge on any atom is -0.493 e. The lowest BCUT2D eigenvalue weighted by atomic mass is 10.0. The van der Waals surface area contributed by atoms with Crippen molar-refractivity contribution >= 4 is 22.4 Å². The van der Waals surface area contributed by atoms with Gasteiger partial charge in [0.05, 0.1) is 12.5 Å². The van der Waals surface area contributed by atoms with Gasteiger partial charge in [-0.05, 0) is 29.7 Å². The molecule has 0 amide bonds. The Morgan fingerprint density at radius 3 is 2.58 bits per heavy atom. The minimum atomic E-state index is 0.467. The van der Waals surface area contributed by atoms with Crippen LogP contribution in [0.15, 0.2) is 36.4 Å². The van der Waals surface area contributed by atoms with Crippen LogP contribution < -0.4 is 4.74 Å². The highest BCUT2D eigenvalue weighted by Gasteiger charge is 2.07. The highest BCUT2D eigenvalue weighted by Crippen LogP contribution is 2.29. The van der Waals surface area contributed by atoms with Crippen LogP contribution in [0.25, 0.3) is 10.8 Å². The summed E-state index contributed by atoms with van der Waals surface area (Å²) in [5.41, 5.74) is 1.08. The maximum atomic E-state index is 6.07. The zero-order valence-electron chi connectivity index (χ0n) is 11.2. The van der Waals surface area contributed by atoms with Gasteiger partial charge in [0.15, 0.2) is 0 Å². The number of unbranched alkanes of at least 4 members (excludes halogenated alkanes) is 1. The summed E-state index contributed by atoms with van der Waals surface area (Å²) in [5.74, 6) is 1.36. The van der Waals surface area contributed by atoms with E-state index in [0.29, 0.717) is 12.5 Å². The summed E-state index contributed by atoms with van der Waals surface area (Å²) in [7, 11) is 1.72. The molecule has 3 heteroatoms. The number of alkyl halides is 1. The van der Waals surface area contributed by atoms with E-state index in [1.165, 1.54) is 10.8 Å². The van der Waals surface area contributed by atoms with Crippen molar-refractivity contribution in [3.8, 4) is 5.75 Å². The lowest BCUT2D eigenvalue weighted by Gasteiger charge is -2.12. The van der Waals surface area contributed by atoms with E-state index < -0.39 is 0 Å². The quantitative estimate of drug-likeness (QED) is 0.553. The molecule has 0 bridgehead atoms. The van der Waals surface area contributed by atoms with E-state index in [-0.39, 0.29) is 0 Å². The summed E-state index contributed by atoms with van der Waals surface area (Å²) in [5, 5.41) is 2.37. The molecule has 19 heavy (non-hydrogen) atoms. The topological polar surface area (TPSA) is 18.5 Å². The van der Waals surface area contributed by atoms with Crippen molar-refractivity contribution in [1.82, 2.24) is 0 Å². The molecular weight excluding hydrogens is 260 g/mol. The molecule has 0 aromatic heterocycles. The average Bonchev–Trinajstić information content (AvgIpc) is 2.46. The van der Waals surface area contributed by atoms with E-state index >= 15 is 0 Å². The van der Waals surface area contributed by atoms with Gasteiger partial charge < -0.3 is 9.47 Å². The van der Waals surface area contributed by atoms with Crippen molar-refractivity contribution in [2.75, 3.05) is 20.3 Å². The lowest BCUT2D eigenvalue weighted by molar-refractivity contribution is 0.184. The largest absolute Gasteiger partial charge is 0.493 e. The minimum absolute atomic E-state index is 0.467. The maximum absolute atomic E-state index is 6.07. The third-order valence-electron chi connectivity index (χ3n) is 3.13. The molecular formula is C16H19ClO2. The zero-order valence-corrected chi connectivity index (χ0v) is 12.0. The molecule has 2 aromatic carbocycles. The van der Waals surface area contributed by atoms with Gasteiger partial charge in [0.25, 0.3) is 0 Å². The molecule has 0 unspecified atom stereocenters. The smallest absolute Gasteiger partial charge is 0.124 e. The predicted octanol–water partition coefficient (Wildman–Crippen LogP) is 4.38. The molecule has 0 N–H and O–H groups in total. The monoisotopic (exact) mass is 278 g/mol. The summed E-state index contributed by atoms with van der Waals surface area (Å²) < 4.78 is 10.9. The maximum Gasteiger partial charge on any atom is 0.124 e. The molecule has 0 fully saturated rings. The molecule has 0 aliphatic rings. The molecule has 0 spiro atoms. The first-order valence-corrected chi connectivity index (χ1v) is 7.08. The van der Waals surface area contributed by atoms with Gasteiger partial charge in [-0.25, -0.2) is 0 Å². The Hall–Kier alpha value is -1.25. The summed E-state index contributed by atoms with van der Waals surface area (Å²) in [6.45, 7) is 1.48. The van der Waals surface area contributed by atoms with Crippen LogP contribution in [-0.4, -0.2) is 20.3 Å². The Labute approximate surface area is 119 Å². The molecule has 0 radical (unpaired) electrons. The van der Waals surface area contributed by atoms with Crippen LogP contribution in [0, 0.1) is 0 Å². The van der Waals surface area contributed by atoms with E-state index in [0.717, 1.165) is 30.8 Å². The van der Waals surface area contributed by atoms with Gasteiger partial charge in [-0.3, -0.25) is 0 Å². The van der Waals surface area contributed by atoms with E-state index in [2.05, 4.69) is 18.2 Å². The van der Waals surface area contributed by atoms with Crippen molar-refractivity contribution in [2.45, 2.75) is 18.7 Å². The van der Waals surface area contributed by atoms with Gasteiger partial charge in [0.1, 0.15) is 5.75 Å². The Bertz CT molecular complexity index is 525. The van der Waals surface area contributed by atoms with Crippen molar-refractivity contribution in [1.29, 1.82) is 0 Å².